The fraction of sp³-hybridized carbons (Fsp3) is 0.600. The molecule has 1 aliphatic rings. The second-order valence-corrected chi connectivity index (χ2v) is 5.90. The van der Waals surface area contributed by atoms with Crippen LogP contribution in [0.1, 0.15) is 43.8 Å². The zero-order valence-corrected chi connectivity index (χ0v) is 13.1. The van der Waals surface area contributed by atoms with Gasteiger partial charge in [0.1, 0.15) is 16.0 Å². The van der Waals surface area contributed by atoms with Crippen molar-refractivity contribution in [3.63, 3.8) is 0 Å². The lowest BCUT2D eigenvalue weighted by Crippen LogP contribution is -2.06. The van der Waals surface area contributed by atoms with Crippen LogP contribution in [0.15, 0.2) is 16.6 Å². The van der Waals surface area contributed by atoms with Gasteiger partial charge in [0, 0.05) is 5.56 Å². The molecule has 0 heterocycles. The summed E-state index contributed by atoms with van der Waals surface area (Å²) in [4.78, 5) is 0. The van der Waals surface area contributed by atoms with Gasteiger partial charge in [-0.15, -0.1) is 0 Å². The van der Waals surface area contributed by atoms with Gasteiger partial charge in [0.05, 0.1) is 20.3 Å². The fourth-order valence-electron chi connectivity index (χ4n) is 2.87. The third-order valence-electron chi connectivity index (χ3n) is 3.91. The van der Waals surface area contributed by atoms with Gasteiger partial charge in [-0.25, -0.2) is 0 Å². The molecule has 0 aliphatic heterocycles. The van der Waals surface area contributed by atoms with E-state index in [1.807, 2.05) is 12.1 Å². The lowest BCUT2D eigenvalue weighted by atomic mass is 9.95. The molecule has 1 aromatic carbocycles. The highest BCUT2D eigenvalue weighted by molar-refractivity contribution is 9.10. The number of aliphatic hydroxyl groups is 1. The molecule has 0 amide bonds. The van der Waals surface area contributed by atoms with E-state index in [0.29, 0.717) is 17.4 Å². The number of halogens is 1. The first-order chi connectivity index (χ1) is 9.17. The van der Waals surface area contributed by atoms with Crippen LogP contribution in [-0.2, 0) is 0 Å². The van der Waals surface area contributed by atoms with E-state index in [-0.39, 0.29) is 0 Å². The molecule has 19 heavy (non-hydrogen) atoms. The van der Waals surface area contributed by atoms with Crippen molar-refractivity contribution in [3.05, 3.63) is 22.2 Å². The van der Waals surface area contributed by atoms with Gasteiger partial charge in [-0.05, 0) is 40.4 Å². The minimum atomic E-state index is -0.472. The van der Waals surface area contributed by atoms with E-state index in [1.165, 1.54) is 25.7 Å². The van der Waals surface area contributed by atoms with Crippen LogP contribution in [0, 0.1) is 5.92 Å². The summed E-state index contributed by atoms with van der Waals surface area (Å²) >= 11 is 3.47. The van der Waals surface area contributed by atoms with E-state index in [2.05, 4.69) is 15.9 Å². The minimum Gasteiger partial charge on any atom is -0.495 e. The summed E-state index contributed by atoms with van der Waals surface area (Å²) in [5.74, 6) is 2.03. The van der Waals surface area contributed by atoms with Crippen molar-refractivity contribution in [3.8, 4) is 11.5 Å². The van der Waals surface area contributed by atoms with E-state index in [9.17, 15) is 5.11 Å². The first-order valence-corrected chi connectivity index (χ1v) is 7.55. The molecule has 0 bridgehead atoms. The first-order valence-electron chi connectivity index (χ1n) is 6.75. The summed E-state index contributed by atoms with van der Waals surface area (Å²) in [6, 6.07) is 3.75. The van der Waals surface area contributed by atoms with E-state index >= 15 is 0 Å². The van der Waals surface area contributed by atoms with Gasteiger partial charge in [-0.3, -0.25) is 0 Å². The predicted molar refractivity (Wildman–Crippen MR) is 78.8 cm³/mol. The SMILES string of the molecule is COc1ccc(C(O)CC2CCCC2)c(OC)c1Br. The molecule has 1 saturated carbocycles. The van der Waals surface area contributed by atoms with Crippen molar-refractivity contribution in [2.75, 3.05) is 14.2 Å². The molecule has 3 nitrogen and oxygen atoms in total. The summed E-state index contributed by atoms with van der Waals surface area (Å²) in [7, 11) is 3.24. The average Bonchev–Trinajstić information content (AvgIpc) is 2.91. The monoisotopic (exact) mass is 328 g/mol. The number of rotatable bonds is 5. The molecule has 106 valence electrons. The van der Waals surface area contributed by atoms with E-state index < -0.39 is 6.10 Å². The summed E-state index contributed by atoms with van der Waals surface area (Å²) in [5.41, 5.74) is 0.835. The maximum atomic E-state index is 10.4. The fourth-order valence-corrected chi connectivity index (χ4v) is 3.55. The number of benzene rings is 1. The molecular weight excluding hydrogens is 308 g/mol. The minimum absolute atomic E-state index is 0.472. The zero-order valence-electron chi connectivity index (χ0n) is 11.5. The molecule has 0 radical (unpaired) electrons. The van der Waals surface area contributed by atoms with Gasteiger partial charge < -0.3 is 14.6 Å². The van der Waals surface area contributed by atoms with Gasteiger partial charge in [0.25, 0.3) is 0 Å². The van der Waals surface area contributed by atoms with Crippen LogP contribution in [0.25, 0.3) is 0 Å². The van der Waals surface area contributed by atoms with Crippen LogP contribution in [-0.4, -0.2) is 19.3 Å². The summed E-state index contributed by atoms with van der Waals surface area (Å²) < 4.78 is 11.4. The Hall–Kier alpha value is -0.740. The van der Waals surface area contributed by atoms with Crippen molar-refractivity contribution < 1.29 is 14.6 Å². The highest BCUT2D eigenvalue weighted by Gasteiger charge is 2.23. The van der Waals surface area contributed by atoms with Gasteiger partial charge in [0.15, 0.2) is 0 Å². The van der Waals surface area contributed by atoms with Crippen LogP contribution in [0.5, 0.6) is 11.5 Å². The third kappa shape index (κ3) is 3.23. The molecule has 2 rings (SSSR count). The lowest BCUT2D eigenvalue weighted by molar-refractivity contribution is 0.141. The summed E-state index contributed by atoms with van der Waals surface area (Å²) in [6.07, 6.45) is 5.39. The van der Waals surface area contributed by atoms with Crippen molar-refractivity contribution in [1.29, 1.82) is 0 Å². The smallest absolute Gasteiger partial charge is 0.142 e. The first kappa shape index (κ1) is 14.7. The normalized spacial score (nSPS) is 17.5. The molecule has 1 unspecified atom stereocenters. The predicted octanol–water partition coefficient (Wildman–Crippen LogP) is 4.08. The average molecular weight is 329 g/mol. The molecule has 1 aromatic rings. The second kappa shape index (κ2) is 6.62. The maximum Gasteiger partial charge on any atom is 0.142 e. The van der Waals surface area contributed by atoms with Crippen LogP contribution in [0.2, 0.25) is 0 Å². The van der Waals surface area contributed by atoms with Crippen molar-refractivity contribution >= 4 is 15.9 Å². The van der Waals surface area contributed by atoms with Crippen LogP contribution < -0.4 is 9.47 Å². The van der Waals surface area contributed by atoms with Gasteiger partial charge in [-0.2, -0.15) is 0 Å². The van der Waals surface area contributed by atoms with E-state index in [0.717, 1.165) is 16.5 Å². The molecule has 0 aromatic heterocycles. The van der Waals surface area contributed by atoms with Crippen molar-refractivity contribution in [2.45, 2.75) is 38.2 Å². The van der Waals surface area contributed by atoms with E-state index in [1.54, 1.807) is 14.2 Å². The van der Waals surface area contributed by atoms with Crippen LogP contribution in [0.4, 0.5) is 0 Å². The molecule has 1 fully saturated rings. The maximum absolute atomic E-state index is 10.4. The quantitative estimate of drug-likeness (QED) is 0.885. The summed E-state index contributed by atoms with van der Waals surface area (Å²) in [5, 5.41) is 10.4. The zero-order chi connectivity index (χ0) is 13.8. The standard InChI is InChI=1S/C15H21BrO3/c1-18-13-8-7-11(15(19-2)14(13)16)12(17)9-10-5-3-4-6-10/h7-8,10,12,17H,3-6,9H2,1-2H3. The molecule has 1 N–H and O–H groups in total. The Morgan fingerprint density at radius 2 is 1.95 bits per heavy atom. The Kier molecular flexibility index (Phi) is 5.11. The van der Waals surface area contributed by atoms with E-state index in [4.69, 9.17) is 9.47 Å². The Bertz CT molecular complexity index is 428. The third-order valence-corrected chi connectivity index (χ3v) is 4.66. The number of aliphatic hydroxyl groups excluding tert-OH is 1. The molecule has 0 spiro atoms. The molecular formula is C15H21BrO3. The van der Waals surface area contributed by atoms with Crippen molar-refractivity contribution in [1.82, 2.24) is 0 Å². The highest BCUT2D eigenvalue weighted by Crippen LogP contribution is 2.42. The van der Waals surface area contributed by atoms with Gasteiger partial charge >= 0.3 is 0 Å². The van der Waals surface area contributed by atoms with Crippen LogP contribution in [0.3, 0.4) is 0 Å². The molecule has 1 aliphatic carbocycles. The number of methoxy groups -OCH3 is 2. The largest absolute Gasteiger partial charge is 0.495 e. The van der Waals surface area contributed by atoms with Gasteiger partial charge in [0.2, 0.25) is 0 Å². The van der Waals surface area contributed by atoms with Crippen LogP contribution >= 0.6 is 15.9 Å². The second-order valence-electron chi connectivity index (χ2n) is 5.11. The number of hydrogen-bond donors (Lipinski definition) is 1. The summed E-state index contributed by atoms with van der Waals surface area (Å²) in [6.45, 7) is 0. The molecule has 4 heteroatoms. The molecule has 1 atom stereocenters. The highest BCUT2D eigenvalue weighted by atomic mass is 79.9. The lowest BCUT2D eigenvalue weighted by Gasteiger charge is -2.20. The number of ether oxygens (including phenoxy) is 2. The Balaban J connectivity index is 2.20. The Labute approximate surface area is 123 Å². The Morgan fingerprint density at radius 1 is 1.26 bits per heavy atom. The molecule has 0 saturated heterocycles. The topological polar surface area (TPSA) is 38.7 Å². The Morgan fingerprint density at radius 3 is 2.53 bits per heavy atom. The van der Waals surface area contributed by atoms with Gasteiger partial charge in [-0.1, -0.05) is 25.7 Å². The van der Waals surface area contributed by atoms with Crippen molar-refractivity contribution in [2.24, 2.45) is 5.92 Å². The number of hydrogen-bond acceptors (Lipinski definition) is 3.